The molecule has 2 atom stereocenters. The average Bonchev–Trinajstić information content (AvgIpc) is 2.53. The summed E-state index contributed by atoms with van der Waals surface area (Å²) >= 11 is 11.4. The van der Waals surface area contributed by atoms with Gasteiger partial charge in [-0.1, -0.05) is 18.2 Å². The third kappa shape index (κ3) is 6.42. The van der Waals surface area contributed by atoms with Gasteiger partial charge in [0, 0.05) is 24.8 Å². The predicted molar refractivity (Wildman–Crippen MR) is 86.7 cm³/mol. The minimum absolute atomic E-state index is 0.213. The van der Waals surface area contributed by atoms with Gasteiger partial charge in [-0.05, 0) is 12.1 Å². The molecule has 0 aliphatic carbocycles. The van der Waals surface area contributed by atoms with Gasteiger partial charge in [-0.15, -0.1) is 23.2 Å². The van der Waals surface area contributed by atoms with E-state index in [0.717, 1.165) is 0 Å². The van der Waals surface area contributed by atoms with Crippen LogP contribution in [0, 0.1) is 0 Å². The molecule has 0 amide bonds. The number of nitrogens with zero attached hydrogens (tertiary/aromatic N) is 1. The van der Waals surface area contributed by atoms with Crippen LogP contribution in [0.2, 0.25) is 0 Å². The third-order valence-corrected chi connectivity index (χ3v) is 4.98. The topological polar surface area (TPSA) is 79.2 Å². The third-order valence-electron chi connectivity index (χ3n) is 2.64. The van der Waals surface area contributed by atoms with Gasteiger partial charge in [-0.2, -0.15) is 4.67 Å². The molecule has 1 aromatic rings. The summed E-state index contributed by atoms with van der Waals surface area (Å²) in [6, 6.07) is 8.53. The van der Waals surface area contributed by atoms with Crippen LogP contribution >= 0.6 is 30.9 Å². The van der Waals surface area contributed by atoms with Gasteiger partial charge in [0.25, 0.3) is 0 Å². The van der Waals surface area contributed by atoms with Crippen molar-refractivity contribution in [1.29, 1.82) is 0 Å². The van der Waals surface area contributed by atoms with Crippen molar-refractivity contribution in [1.82, 2.24) is 4.67 Å². The Hall–Kier alpha value is -0.330. The number of benzene rings is 1. The summed E-state index contributed by atoms with van der Waals surface area (Å²) in [5, 5.41) is 18.3. The van der Waals surface area contributed by atoms with Gasteiger partial charge < -0.3 is 14.7 Å². The quantitative estimate of drug-likeness (QED) is 0.459. The Kier molecular flexibility index (Phi) is 9.36. The highest BCUT2D eigenvalue weighted by molar-refractivity contribution is 7.51. The van der Waals surface area contributed by atoms with Gasteiger partial charge >= 0.3 is 7.75 Å². The van der Waals surface area contributed by atoms with Crippen molar-refractivity contribution >= 4 is 30.9 Å². The maximum absolute atomic E-state index is 13.1. The zero-order valence-corrected chi connectivity index (χ0v) is 14.4. The van der Waals surface area contributed by atoms with Crippen LogP contribution in [0.1, 0.15) is 0 Å². The Morgan fingerprint density at radius 1 is 1.18 bits per heavy atom. The Morgan fingerprint density at radius 3 is 2.27 bits per heavy atom. The maximum atomic E-state index is 13.1. The van der Waals surface area contributed by atoms with Gasteiger partial charge in [0.2, 0.25) is 0 Å². The van der Waals surface area contributed by atoms with Gasteiger partial charge in [-0.25, -0.2) is 4.57 Å². The molecule has 1 aromatic carbocycles. The summed E-state index contributed by atoms with van der Waals surface area (Å²) in [6.07, 6.45) is -1.15. The molecule has 6 nitrogen and oxygen atoms in total. The Morgan fingerprint density at radius 2 is 1.77 bits per heavy atom. The first-order chi connectivity index (χ1) is 10.6. The lowest BCUT2D eigenvalue weighted by molar-refractivity contribution is 0.0452. The maximum Gasteiger partial charge on any atom is 0.461 e. The molecule has 0 unspecified atom stereocenters. The molecule has 0 saturated heterocycles. The number of aliphatic hydroxyl groups is 2. The monoisotopic (exact) mass is 371 g/mol. The molecule has 22 heavy (non-hydrogen) atoms. The lowest BCUT2D eigenvalue weighted by Crippen LogP contribution is -2.30. The van der Waals surface area contributed by atoms with Crippen LogP contribution in [-0.4, -0.2) is 59.1 Å². The van der Waals surface area contributed by atoms with E-state index in [9.17, 15) is 9.67 Å². The summed E-state index contributed by atoms with van der Waals surface area (Å²) in [7, 11) is -3.76. The zero-order chi connectivity index (χ0) is 16.4. The molecule has 0 aliphatic heterocycles. The predicted octanol–water partition coefficient (Wildman–Crippen LogP) is 2.32. The largest absolute Gasteiger partial charge is 0.461 e. The molecule has 1 rings (SSSR count). The molecule has 2 N–H and O–H groups in total. The lowest BCUT2D eigenvalue weighted by atomic mass is 10.3. The smallest absolute Gasteiger partial charge is 0.413 e. The highest BCUT2D eigenvalue weighted by atomic mass is 35.5. The number of aliphatic hydroxyl groups excluding tert-OH is 2. The van der Waals surface area contributed by atoms with Crippen LogP contribution in [0.5, 0.6) is 5.75 Å². The fourth-order valence-electron chi connectivity index (χ4n) is 1.57. The van der Waals surface area contributed by atoms with Crippen molar-refractivity contribution in [2.24, 2.45) is 0 Å². The van der Waals surface area contributed by atoms with E-state index in [0.29, 0.717) is 5.75 Å². The van der Waals surface area contributed by atoms with Crippen LogP contribution in [0.4, 0.5) is 0 Å². The number of para-hydroxylation sites is 1. The van der Waals surface area contributed by atoms with Gasteiger partial charge in [0.1, 0.15) is 11.9 Å². The van der Waals surface area contributed by atoms with Gasteiger partial charge in [0.15, 0.2) is 0 Å². The number of hydrogen-bond donors (Lipinski definition) is 2. The van der Waals surface area contributed by atoms with Gasteiger partial charge in [-0.3, -0.25) is 4.52 Å². The van der Waals surface area contributed by atoms with Crippen molar-refractivity contribution in [2.75, 3.05) is 38.1 Å². The lowest BCUT2D eigenvalue weighted by Gasteiger charge is -2.29. The first-order valence-electron chi connectivity index (χ1n) is 6.71. The van der Waals surface area contributed by atoms with Crippen molar-refractivity contribution in [2.45, 2.75) is 6.10 Å². The SMILES string of the molecule is O=[P@](OC[C@H](O)CO)(Oc1ccccc1)N(CCCl)CCCl. The standard InChI is InChI=1S/C13H20Cl2NO5P/c14-6-8-16(9-7-15)22(19,20-11-12(18)10-17)21-13-4-2-1-3-5-13/h1-5,12,17-18H,6-11H2/t12-,22-/m1/s1. The van der Waals surface area contributed by atoms with Crippen LogP contribution in [-0.2, 0) is 9.09 Å². The Labute approximate surface area is 140 Å². The van der Waals surface area contributed by atoms with Crippen LogP contribution < -0.4 is 4.52 Å². The molecular formula is C13H20Cl2NO5P. The van der Waals surface area contributed by atoms with Crippen molar-refractivity contribution < 1.29 is 23.8 Å². The number of rotatable bonds is 11. The van der Waals surface area contributed by atoms with E-state index < -0.39 is 20.5 Å². The fourth-order valence-corrected chi connectivity index (χ4v) is 3.98. The van der Waals surface area contributed by atoms with Crippen LogP contribution in [0.3, 0.4) is 0 Å². The normalized spacial score (nSPS) is 15.5. The molecule has 9 heteroatoms. The van der Waals surface area contributed by atoms with E-state index in [1.807, 2.05) is 0 Å². The summed E-state index contributed by atoms with van der Waals surface area (Å²) < 4.78 is 25.3. The number of halogens is 2. The summed E-state index contributed by atoms with van der Waals surface area (Å²) in [5.41, 5.74) is 0. The summed E-state index contributed by atoms with van der Waals surface area (Å²) in [4.78, 5) is 0. The molecular weight excluding hydrogens is 352 g/mol. The van der Waals surface area contributed by atoms with E-state index in [-0.39, 0.29) is 31.5 Å². The van der Waals surface area contributed by atoms with E-state index >= 15 is 0 Å². The highest BCUT2D eigenvalue weighted by Gasteiger charge is 2.35. The average molecular weight is 372 g/mol. The molecule has 0 heterocycles. The van der Waals surface area contributed by atoms with E-state index in [1.165, 1.54) is 4.67 Å². The minimum Gasteiger partial charge on any atom is -0.413 e. The molecule has 0 aliphatic rings. The van der Waals surface area contributed by atoms with Gasteiger partial charge in [0.05, 0.1) is 13.2 Å². The van der Waals surface area contributed by atoms with Crippen LogP contribution in [0.15, 0.2) is 30.3 Å². The first kappa shape index (κ1) is 19.7. The molecule has 0 bridgehead atoms. The fraction of sp³-hybridized carbons (Fsp3) is 0.538. The molecule has 0 fully saturated rings. The van der Waals surface area contributed by atoms with Crippen molar-refractivity contribution in [3.63, 3.8) is 0 Å². The zero-order valence-electron chi connectivity index (χ0n) is 12.0. The van der Waals surface area contributed by atoms with E-state index in [2.05, 4.69) is 0 Å². The molecule has 0 saturated carbocycles. The molecule has 0 radical (unpaired) electrons. The number of alkyl halides is 2. The Balaban J connectivity index is 2.93. The summed E-state index contributed by atoms with van der Waals surface area (Å²) in [6.45, 7) is -0.348. The molecule has 0 spiro atoms. The first-order valence-corrected chi connectivity index (χ1v) is 9.27. The molecule has 0 aromatic heterocycles. The van der Waals surface area contributed by atoms with Crippen molar-refractivity contribution in [3.8, 4) is 5.75 Å². The van der Waals surface area contributed by atoms with E-state index in [4.69, 9.17) is 37.4 Å². The molecule has 126 valence electrons. The second kappa shape index (κ2) is 10.4. The van der Waals surface area contributed by atoms with Crippen molar-refractivity contribution in [3.05, 3.63) is 30.3 Å². The highest BCUT2D eigenvalue weighted by Crippen LogP contribution is 2.51. The second-order valence-electron chi connectivity index (χ2n) is 4.34. The van der Waals surface area contributed by atoms with E-state index in [1.54, 1.807) is 30.3 Å². The Bertz CT molecular complexity index is 459. The summed E-state index contributed by atoms with van der Waals surface area (Å²) in [5.74, 6) is 0.786. The number of hydrogen-bond acceptors (Lipinski definition) is 5. The minimum atomic E-state index is -3.76. The van der Waals surface area contributed by atoms with Crippen LogP contribution in [0.25, 0.3) is 0 Å². The second-order valence-corrected chi connectivity index (χ2v) is 7.04.